The quantitative estimate of drug-likeness (QED) is 0.227. The van der Waals surface area contributed by atoms with Crippen LogP contribution in [-0.4, -0.2) is 42.4 Å². The molecule has 1 amide bonds. The Kier molecular flexibility index (Phi) is 12.1. The molecule has 0 saturated carbocycles. The molecule has 0 radical (unpaired) electrons. The molecule has 2 aliphatic rings. The normalized spacial score (nSPS) is 23.0. The summed E-state index contributed by atoms with van der Waals surface area (Å²) in [5.41, 5.74) is 13.6. The van der Waals surface area contributed by atoms with Gasteiger partial charge in [0.05, 0.1) is 11.8 Å². The molecular weight excluding hydrogens is 460 g/mol. The molecule has 2 unspecified atom stereocenters. The zero-order valence-electron chi connectivity index (χ0n) is 21.6. The van der Waals surface area contributed by atoms with Crippen molar-refractivity contribution < 1.29 is 23.8 Å². The number of terminal acetylenes is 1. The number of benzene rings is 1. The van der Waals surface area contributed by atoms with Crippen LogP contribution in [0.2, 0.25) is 0 Å². The van der Waals surface area contributed by atoms with E-state index in [1.165, 1.54) is 6.92 Å². The van der Waals surface area contributed by atoms with Gasteiger partial charge in [-0.05, 0) is 48.9 Å². The number of hydrogen-bond donors (Lipinski definition) is 3. The molecule has 0 aliphatic carbocycles. The molecular formula is C27H40N4O5. The van der Waals surface area contributed by atoms with Crippen LogP contribution >= 0.6 is 0 Å². The van der Waals surface area contributed by atoms with Gasteiger partial charge in [0.25, 0.3) is 0 Å². The second-order valence-electron chi connectivity index (χ2n) is 9.22. The molecule has 0 bridgehead atoms. The number of hydrazine groups is 2. The highest BCUT2D eigenvalue weighted by Crippen LogP contribution is 2.32. The summed E-state index contributed by atoms with van der Waals surface area (Å²) in [5.74, 6) is 0.888. The molecule has 4 atom stereocenters. The second-order valence-corrected chi connectivity index (χ2v) is 9.22. The largest absolute Gasteiger partial charge is 0.465 e. The Morgan fingerprint density at radius 3 is 2.50 bits per heavy atom. The first-order valence-electron chi connectivity index (χ1n) is 12.5. The molecule has 3 rings (SSSR count). The number of nitrogens with two attached hydrogens (primary N) is 1. The Morgan fingerprint density at radius 1 is 1.14 bits per heavy atom. The van der Waals surface area contributed by atoms with E-state index in [2.05, 4.69) is 37.7 Å². The third-order valence-electron chi connectivity index (χ3n) is 6.45. The fourth-order valence-electron chi connectivity index (χ4n) is 4.14. The minimum absolute atomic E-state index is 0.176. The lowest BCUT2D eigenvalue weighted by atomic mass is 9.86. The summed E-state index contributed by atoms with van der Waals surface area (Å²) in [7, 11) is 0. The summed E-state index contributed by atoms with van der Waals surface area (Å²) in [6.07, 6.45) is 14.7. The molecule has 198 valence electrons. The zero-order chi connectivity index (χ0) is 26.5. The van der Waals surface area contributed by atoms with E-state index in [4.69, 9.17) is 19.9 Å². The molecule has 36 heavy (non-hydrogen) atoms. The Bertz CT molecular complexity index is 886. The standard InChI is InChI=1S/C25H38N4O5.C2H2/c1-17-14-25(34-23(18(17)2)16-32-19(3)30)33-21-11-9-20(10-12-21)22-15-29(28-27-22)13-7-5-4-6-8-24(26)31;1-2/h9-12,15,17-18,23,25,27-28H,4-8,13-14,16H2,1-3H3,(H2,26,31);1-2H/t17?,18-,23?,25-;/m0./s1. The monoisotopic (exact) mass is 500 g/mol. The van der Waals surface area contributed by atoms with Crippen molar-refractivity contribution in [3.63, 3.8) is 0 Å². The number of unbranched alkanes of at least 4 members (excludes halogenated alkanes) is 3. The number of ether oxygens (including phenoxy) is 3. The van der Waals surface area contributed by atoms with Gasteiger partial charge in [0, 0.05) is 38.1 Å². The molecule has 9 heteroatoms. The number of amides is 1. The average molecular weight is 501 g/mol. The van der Waals surface area contributed by atoms with Crippen molar-refractivity contribution in [1.29, 1.82) is 0 Å². The van der Waals surface area contributed by atoms with E-state index in [0.29, 0.717) is 12.3 Å². The molecule has 1 fully saturated rings. The van der Waals surface area contributed by atoms with Gasteiger partial charge in [-0.15, -0.1) is 18.4 Å². The van der Waals surface area contributed by atoms with Crippen molar-refractivity contribution in [3.05, 3.63) is 36.0 Å². The molecule has 1 saturated heterocycles. The van der Waals surface area contributed by atoms with Crippen molar-refractivity contribution >= 4 is 17.6 Å². The Morgan fingerprint density at radius 2 is 1.83 bits per heavy atom. The lowest BCUT2D eigenvalue weighted by Crippen LogP contribution is -2.43. The fraction of sp³-hybridized carbons (Fsp3) is 0.556. The molecule has 0 aromatic heterocycles. The summed E-state index contributed by atoms with van der Waals surface area (Å²) in [6, 6.07) is 7.89. The van der Waals surface area contributed by atoms with Crippen LogP contribution < -0.4 is 21.4 Å². The van der Waals surface area contributed by atoms with E-state index in [-0.39, 0.29) is 36.8 Å². The number of carbonyl (C=O) groups excluding carboxylic acids is 2. The van der Waals surface area contributed by atoms with Crippen LogP contribution in [0.15, 0.2) is 30.5 Å². The molecule has 2 heterocycles. The van der Waals surface area contributed by atoms with Gasteiger partial charge in [-0.25, -0.2) is 0 Å². The highest BCUT2D eigenvalue weighted by molar-refractivity contribution is 5.73. The Balaban J connectivity index is 0.00000222. The fourth-order valence-corrected chi connectivity index (χ4v) is 4.14. The number of nitrogens with zero attached hydrogens (tertiary/aromatic N) is 1. The smallest absolute Gasteiger partial charge is 0.302 e. The lowest BCUT2D eigenvalue weighted by molar-refractivity contribution is -0.198. The van der Waals surface area contributed by atoms with Crippen molar-refractivity contribution in [2.75, 3.05) is 13.2 Å². The molecule has 2 aliphatic heterocycles. The van der Waals surface area contributed by atoms with E-state index in [1.54, 1.807) is 0 Å². The summed E-state index contributed by atoms with van der Waals surface area (Å²) < 4.78 is 17.3. The van der Waals surface area contributed by atoms with E-state index in [9.17, 15) is 9.59 Å². The first-order valence-corrected chi connectivity index (χ1v) is 12.5. The average Bonchev–Trinajstić information content (AvgIpc) is 3.33. The number of esters is 1. The summed E-state index contributed by atoms with van der Waals surface area (Å²) in [4.78, 5) is 22.0. The van der Waals surface area contributed by atoms with Gasteiger partial charge in [0.2, 0.25) is 12.2 Å². The van der Waals surface area contributed by atoms with Gasteiger partial charge >= 0.3 is 5.97 Å². The highest BCUT2D eigenvalue weighted by Gasteiger charge is 2.35. The lowest BCUT2D eigenvalue weighted by Gasteiger charge is -2.38. The van der Waals surface area contributed by atoms with Crippen molar-refractivity contribution in [2.45, 2.75) is 71.7 Å². The first-order chi connectivity index (χ1) is 17.3. The van der Waals surface area contributed by atoms with Crippen LogP contribution in [-0.2, 0) is 19.1 Å². The van der Waals surface area contributed by atoms with Gasteiger partial charge in [-0.3, -0.25) is 14.6 Å². The van der Waals surface area contributed by atoms with Gasteiger partial charge in [0.15, 0.2) is 0 Å². The maximum absolute atomic E-state index is 11.2. The first kappa shape index (κ1) is 29.0. The second kappa shape index (κ2) is 15.0. The van der Waals surface area contributed by atoms with Crippen molar-refractivity contribution in [2.24, 2.45) is 17.6 Å². The number of hydrogen-bond acceptors (Lipinski definition) is 8. The van der Waals surface area contributed by atoms with Gasteiger partial charge in [-0.1, -0.05) is 26.7 Å². The maximum Gasteiger partial charge on any atom is 0.302 e. The zero-order valence-corrected chi connectivity index (χ0v) is 21.6. The van der Waals surface area contributed by atoms with Gasteiger partial charge in [0.1, 0.15) is 12.4 Å². The molecule has 9 nitrogen and oxygen atoms in total. The summed E-state index contributed by atoms with van der Waals surface area (Å²) in [5, 5.41) is 2.02. The van der Waals surface area contributed by atoms with Crippen LogP contribution in [0, 0.1) is 24.7 Å². The van der Waals surface area contributed by atoms with Crippen LogP contribution in [0.1, 0.15) is 64.9 Å². The van der Waals surface area contributed by atoms with Gasteiger partial charge < -0.3 is 25.4 Å². The topological polar surface area (TPSA) is 115 Å². The molecule has 1 aromatic carbocycles. The van der Waals surface area contributed by atoms with Crippen molar-refractivity contribution in [1.82, 2.24) is 16.0 Å². The van der Waals surface area contributed by atoms with E-state index in [0.717, 1.165) is 55.7 Å². The predicted molar refractivity (Wildman–Crippen MR) is 138 cm³/mol. The predicted octanol–water partition coefficient (Wildman–Crippen LogP) is 3.32. The number of rotatable bonds is 12. The Labute approximate surface area is 214 Å². The maximum atomic E-state index is 11.2. The highest BCUT2D eigenvalue weighted by atomic mass is 16.7. The van der Waals surface area contributed by atoms with E-state index in [1.807, 2.05) is 35.5 Å². The third-order valence-corrected chi connectivity index (χ3v) is 6.45. The van der Waals surface area contributed by atoms with Crippen molar-refractivity contribution in [3.8, 4) is 18.6 Å². The van der Waals surface area contributed by atoms with Gasteiger partial charge in [-0.2, -0.15) is 0 Å². The van der Waals surface area contributed by atoms with Crippen LogP contribution in [0.4, 0.5) is 0 Å². The molecule has 4 N–H and O–H groups in total. The molecule has 1 aromatic rings. The SMILES string of the molecule is C#C.CC(=O)OCC1O[C@H](Oc2ccc(C3=CN(CCCCCCC(N)=O)NN3)cc2)CC(C)[C@@H]1C. The number of primary amides is 1. The summed E-state index contributed by atoms with van der Waals surface area (Å²) in [6.45, 7) is 6.82. The van der Waals surface area contributed by atoms with Crippen LogP contribution in [0.3, 0.4) is 0 Å². The van der Waals surface area contributed by atoms with Crippen LogP contribution in [0.5, 0.6) is 5.75 Å². The minimum Gasteiger partial charge on any atom is -0.465 e. The Hall–Kier alpha value is -3.22. The minimum atomic E-state index is -0.374. The summed E-state index contributed by atoms with van der Waals surface area (Å²) >= 11 is 0. The van der Waals surface area contributed by atoms with Crippen LogP contribution in [0.25, 0.3) is 5.70 Å². The number of nitrogens with one attached hydrogen (secondary N) is 2. The van der Waals surface area contributed by atoms with E-state index >= 15 is 0 Å². The molecule has 0 spiro atoms. The van der Waals surface area contributed by atoms with E-state index < -0.39 is 0 Å². The number of carbonyl (C=O) groups is 2. The third kappa shape index (κ3) is 9.44.